The lowest BCUT2D eigenvalue weighted by molar-refractivity contribution is 0.233. The summed E-state index contributed by atoms with van der Waals surface area (Å²) in [5, 5.41) is 10.8. The minimum atomic E-state index is -0.819. The van der Waals surface area contributed by atoms with Crippen LogP contribution in [0.3, 0.4) is 0 Å². The van der Waals surface area contributed by atoms with Crippen LogP contribution in [0.2, 0.25) is 0 Å². The number of halogens is 1. The van der Waals surface area contributed by atoms with Gasteiger partial charge in [0.2, 0.25) is 0 Å². The molecule has 0 bridgehead atoms. The van der Waals surface area contributed by atoms with Gasteiger partial charge in [-0.1, -0.05) is 24.1 Å². The molecule has 2 heteroatoms. The summed E-state index contributed by atoms with van der Waals surface area (Å²) < 4.78 is 13.7. The first-order valence-electron chi connectivity index (χ1n) is 5.43. The van der Waals surface area contributed by atoms with E-state index in [4.69, 9.17) is 6.42 Å². The van der Waals surface area contributed by atoms with Gasteiger partial charge in [-0.05, 0) is 35.6 Å². The van der Waals surface area contributed by atoms with Gasteiger partial charge in [-0.3, -0.25) is 0 Å². The predicted octanol–water partition coefficient (Wildman–Crippen LogP) is 2.82. The SMILES string of the molecule is C#CC(O)Cc1ccc2cc(C)cc(F)c2c1. The van der Waals surface area contributed by atoms with Crippen LogP contribution < -0.4 is 0 Å². The first-order chi connectivity index (χ1) is 8.10. The van der Waals surface area contributed by atoms with Gasteiger partial charge in [-0.25, -0.2) is 4.39 Å². The highest BCUT2D eigenvalue weighted by Crippen LogP contribution is 2.22. The van der Waals surface area contributed by atoms with Crippen molar-refractivity contribution in [2.75, 3.05) is 0 Å². The van der Waals surface area contributed by atoms with Gasteiger partial charge in [0, 0.05) is 11.8 Å². The lowest BCUT2D eigenvalue weighted by atomic mass is 10.0. The van der Waals surface area contributed by atoms with Crippen molar-refractivity contribution in [3.8, 4) is 12.3 Å². The van der Waals surface area contributed by atoms with E-state index in [2.05, 4.69) is 5.92 Å². The van der Waals surface area contributed by atoms with E-state index in [0.29, 0.717) is 11.8 Å². The Morgan fingerprint density at radius 3 is 2.82 bits per heavy atom. The number of terminal acetylenes is 1. The molecule has 1 N–H and O–H groups in total. The molecule has 0 amide bonds. The molecule has 2 aromatic rings. The molecule has 0 saturated heterocycles. The fourth-order valence-electron chi connectivity index (χ4n) is 1.91. The molecule has 2 aromatic carbocycles. The molecule has 1 nitrogen and oxygen atoms in total. The van der Waals surface area contributed by atoms with Gasteiger partial charge >= 0.3 is 0 Å². The van der Waals surface area contributed by atoms with E-state index in [1.54, 1.807) is 6.07 Å². The maximum Gasteiger partial charge on any atom is 0.131 e. The monoisotopic (exact) mass is 228 g/mol. The average molecular weight is 228 g/mol. The molecular formula is C15H13FO. The Morgan fingerprint density at radius 1 is 1.35 bits per heavy atom. The summed E-state index contributed by atoms with van der Waals surface area (Å²) in [5.41, 5.74) is 1.73. The summed E-state index contributed by atoms with van der Waals surface area (Å²) in [6, 6.07) is 8.89. The van der Waals surface area contributed by atoms with Crippen LogP contribution in [0.1, 0.15) is 11.1 Å². The van der Waals surface area contributed by atoms with E-state index in [-0.39, 0.29) is 5.82 Å². The minimum Gasteiger partial charge on any atom is -0.380 e. The number of hydrogen-bond acceptors (Lipinski definition) is 1. The van der Waals surface area contributed by atoms with Crippen LogP contribution in [0, 0.1) is 25.1 Å². The average Bonchev–Trinajstić information content (AvgIpc) is 2.29. The van der Waals surface area contributed by atoms with Crippen molar-refractivity contribution in [2.24, 2.45) is 0 Å². The zero-order valence-corrected chi connectivity index (χ0v) is 9.57. The lowest BCUT2D eigenvalue weighted by Gasteiger charge is -2.07. The van der Waals surface area contributed by atoms with Gasteiger partial charge in [0.1, 0.15) is 11.9 Å². The zero-order valence-electron chi connectivity index (χ0n) is 9.57. The summed E-state index contributed by atoms with van der Waals surface area (Å²) in [5.74, 6) is 2.01. The van der Waals surface area contributed by atoms with Crippen LogP contribution in [0.25, 0.3) is 10.8 Å². The highest BCUT2D eigenvalue weighted by molar-refractivity contribution is 5.84. The maximum absolute atomic E-state index is 13.7. The fraction of sp³-hybridized carbons (Fsp3) is 0.200. The van der Waals surface area contributed by atoms with Crippen molar-refractivity contribution in [1.29, 1.82) is 0 Å². The quantitative estimate of drug-likeness (QED) is 0.784. The number of aliphatic hydroxyl groups excluding tert-OH is 1. The highest BCUT2D eigenvalue weighted by atomic mass is 19.1. The first kappa shape index (κ1) is 11.6. The van der Waals surface area contributed by atoms with Gasteiger partial charge in [-0.15, -0.1) is 6.42 Å². The van der Waals surface area contributed by atoms with Crippen LogP contribution in [0.15, 0.2) is 30.3 Å². The Bertz CT molecular complexity index is 596. The normalized spacial score (nSPS) is 12.4. The topological polar surface area (TPSA) is 20.2 Å². The lowest BCUT2D eigenvalue weighted by Crippen LogP contribution is -2.06. The number of fused-ring (bicyclic) bond motifs is 1. The van der Waals surface area contributed by atoms with E-state index in [1.165, 1.54) is 6.07 Å². The highest BCUT2D eigenvalue weighted by Gasteiger charge is 2.06. The molecule has 2 rings (SSSR count). The second-order valence-electron chi connectivity index (χ2n) is 4.19. The maximum atomic E-state index is 13.7. The van der Waals surface area contributed by atoms with Crippen LogP contribution in [0.4, 0.5) is 4.39 Å². The summed E-state index contributed by atoms with van der Waals surface area (Å²) in [6.45, 7) is 1.86. The Morgan fingerprint density at radius 2 is 2.12 bits per heavy atom. The number of rotatable bonds is 2. The van der Waals surface area contributed by atoms with E-state index >= 15 is 0 Å². The smallest absolute Gasteiger partial charge is 0.131 e. The van der Waals surface area contributed by atoms with E-state index in [1.807, 2.05) is 25.1 Å². The summed E-state index contributed by atoms with van der Waals surface area (Å²) in [4.78, 5) is 0. The van der Waals surface area contributed by atoms with Crippen molar-refractivity contribution >= 4 is 10.8 Å². The molecule has 0 spiro atoms. The van der Waals surface area contributed by atoms with Crippen LogP contribution in [-0.4, -0.2) is 11.2 Å². The largest absolute Gasteiger partial charge is 0.380 e. The molecule has 0 fully saturated rings. The molecule has 1 atom stereocenters. The Balaban J connectivity index is 2.47. The second kappa shape index (κ2) is 4.57. The summed E-state index contributed by atoms with van der Waals surface area (Å²) in [6.07, 6.45) is 4.64. The number of aliphatic hydroxyl groups is 1. The van der Waals surface area contributed by atoms with Crippen molar-refractivity contribution in [3.63, 3.8) is 0 Å². The van der Waals surface area contributed by atoms with Gasteiger partial charge in [0.15, 0.2) is 0 Å². The van der Waals surface area contributed by atoms with E-state index in [0.717, 1.165) is 16.5 Å². The predicted molar refractivity (Wildman–Crippen MR) is 67.2 cm³/mol. The molecule has 1 unspecified atom stereocenters. The van der Waals surface area contributed by atoms with Crippen molar-refractivity contribution in [2.45, 2.75) is 19.4 Å². The van der Waals surface area contributed by atoms with Crippen LogP contribution in [0.5, 0.6) is 0 Å². The molecule has 0 radical (unpaired) electrons. The molecule has 0 aliphatic carbocycles. The van der Waals surface area contributed by atoms with Crippen molar-refractivity contribution in [1.82, 2.24) is 0 Å². The second-order valence-corrected chi connectivity index (χ2v) is 4.19. The Hall–Kier alpha value is -1.85. The van der Waals surface area contributed by atoms with Crippen molar-refractivity contribution in [3.05, 3.63) is 47.3 Å². The molecule has 0 saturated carbocycles. The molecule has 86 valence electrons. The third kappa shape index (κ3) is 2.46. The van der Waals surface area contributed by atoms with E-state index in [9.17, 15) is 9.50 Å². The van der Waals surface area contributed by atoms with E-state index < -0.39 is 6.10 Å². The molecule has 17 heavy (non-hydrogen) atoms. The minimum absolute atomic E-state index is 0.239. The number of hydrogen-bond donors (Lipinski definition) is 1. The zero-order chi connectivity index (χ0) is 12.4. The summed E-state index contributed by atoms with van der Waals surface area (Å²) >= 11 is 0. The fourth-order valence-corrected chi connectivity index (χ4v) is 1.91. The Labute approximate surface area is 99.9 Å². The first-order valence-corrected chi connectivity index (χ1v) is 5.43. The summed E-state index contributed by atoms with van der Waals surface area (Å²) in [7, 11) is 0. The Kier molecular flexibility index (Phi) is 3.12. The molecule has 0 aliphatic rings. The molecule has 0 heterocycles. The number of aryl methyl sites for hydroxylation is 1. The molecular weight excluding hydrogens is 215 g/mol. The van der Waals surface area contributed by atoms with Crippen molar-refractivity contribution < 1.29 is 9.50 Å². The molecule has 0 aliphatic heterocycles. The standard InChI is InChI=1S/C15H13FO/c1-3-13(17)8-11-4-5-12-6-10(2)7-15(16)14(12)9-11/h1,4-7,9,13,17H,8H2,2H3. The molecule has 0 aromatic heterocycles. The van der Waals surface area contributed by atoms with Crippen LogP contribution >= 0.6 is 0 Å². The van der Waals surface area contributed by atoms with Gasteiger partial charge < -0.3 is 5.11 Å². The van der Waals surface area contributed by atoms with Gasteiger partial charge in [0.25, 0.3) is 0 Å². The van der Waals surface area contributed by atoms with Gasteiger partial charge in [0.05, 0.1) is 0 Å². The third-order valence-electron chi connectivity index (χ3n) is 2.73. The van der Waals surface area contributed by atoms with Gasteiger partial charge in [-0.2, -0.15) is 0 Å². The third-order valence-corrected chi connectivity index (χ3v) is 2.73. The number of benzene rings is 2. The van der Waals surface area contributed by atoms with Crippen LogP contribution in [-0.2, 0) is 6.42 Å².